The minimum atomic E-state index is 0.725. The van der Waals surface area contributed by atoms with Crippen LogP contribution in [0.5, 0.6) is 0 Å². The fourth-order valence-electron chi connectivity index (χ4n) is 0.591. The number of rotatable bonds is 1. The molecule has 0 aliphatic rings. The zero-order chi connectivity index (χ0) is 6.69. The average Bonchev–Trinajstić information content (AvgIpc) is 2.33. The van der Waals surface area contributed by atoms with Crippen molar-refractivity contribution in [2.75, 3.05) is 12.4 Å². The Kier molecular flexibility index (Phi) is 1.71. The molecule has 0 aromatic carbocycles. The number of nitrogens with one attached hydrogen (secondary N) is 1. The molecule has 2 nitrogen and oxygen atoms in total. The van der Waals surface area contributed by atoms with Crippen molar-refractivity contribution in [3.63, 3.8) is 0 Å². The fraction of sp³-hybridized carbons (Fsp3) is 0.167. The molecule has 0 saturated heterocycles. The molecule has 1 aromatic rings. The van der Waals surface area contributed by atoms with E-state index in [1.807, 2.05) is 12.4 Å². The van der Waals surface area contributed by atoms with Crippen molar-refractivity contribution in [1.82, 2.24) is 0 Å². The smallest absolute Gasteiger partial charge is 0.106 e. The van der Waals surface area contributed by atoms with Gasteiger partial charge >= 0.3 is 0 Å². The van der Waals surface area contributed by atoms with Gasteiger partial charge in [-0.1, -0.05) is 0 Å². The molecule has 46 valence electrons. The van der Waals surface area contributed by atoms with E-state index in [1.165, 1.54) is 0 Å². The third-order valence-electron chi connectivity index (χ3n) is 1.01. The number of nitriles is 1. The molecule has 0 amide bonds. The minimum absolute atomic E-state index is 0.725. The largest absolute Gasteiger partial charge is 0.379 e. The van der Waals surface area contributed by atoms with E-state index in [2.05, 4.69) is 11.4 Å². The Balaban J connectivity index is 3.02. The zero-order valence-electron chi connectivity index (χ0n) is 5.01. The highest BCUT2D eigenvalue weighted by molar-refractivity contribution is 7.14. The lowest BCUT2D eigenvalue weighted by atomic mass is 10.3. The van der Waals surface area contributed by atoms with Gasteiger partial charge < -0.3 is 5.32 Å². The summed E-state index contributed by atoms with van der Waals surface area (Å²) < 4.78 is 0. The molecule has 1 N–H and O–H groups in total. The minimum Gasteiger partial charge on any atom is -0.379 e. The van der Waals surface area contributed by atoms with E-state index in [1.54, 1.807) is 17.4 Å². The monoisotopic (exact) mass is 138 g/mol. The summed E-state index contributed by atoms with van der Waals surface area (Å²) >= 11 is 1.54. The number of nitrogens with zero attached hydrogens (tertiary/aromatic N) is 1. The lowest BCUT2D eigenvalue weighted by molar-refractivity contribution is 1.49. The van der Waals surface area contributed by atoms with Crippen molar-refractivity contribution in [2.24, 2.45) is 0 Å². The van der Waals surface area contributed by atoms with Gasteiger partial charge in [-0.2, -0.15) is 5.26 Å². The molecular formula is C6H6N2S. The molecule has 0 atom stereocenters. The summed E-state index contributed by atoms with van der Waals surface area (Å²) in [4.78, 5) is 0. The third-order valence-corrected chi connectivity index (χ3v) is 1.94. The molecule has 0 bridgehead atoms. The summed E-state index contributed by atoms with van der Waals surface area (Å²) in [6, 6.07) is 3.88. The lowest BCUT2D eigenvalue weighted by Gasteiger charge is -1.90. The Labute approximate surface area is 57.7 Å². The quantitative estimate of drug-likeness (QED) is 0.640. The SMILES string of the molecule is CNc1sccc1C#N. The topological polar surface area (TPSA) is 35.8 Å². The van der Waals surface area contributed by atoms with Crippen LogP contribution in [0.1, 0.15) is 5.56 Å². The van der Waals surface area contributed by atoms with Crippen LogP contribution in [-0.4, -0.2) is 7.05 Å². The summed E-state index contributed by atoms with van der Waals surface area (Å²) in [5.41, 5.74) is 0.725. The van der Waals surface area contributed by atoms with Gasteiger partial charge in [0, 0.05) is 7.05 Å². The van der Waals surface area contributed by atoms with E-state index in [-0.39, 0.29) is 0 Å². The van der Waals surface area contributed by atoms with Crippen LogP contribution < -0.4 is 5.32 Å². The van der Waals surface area contributed by atoms with E-state index in [0.717, 1.165) is 10.6 Å². The highest BCUT2D eigenvalue weighted by Crippen LogP contribution is 2.20. The second-order valence-electron chi connectivity index (χ2n) is 1.53. The lowest BCUT2D eigenvalue weighted by Crippen LogP contribution is -1.84. The normalized spacial score (nSPS) is 8.44. The molecule has 1 rings (SSSR count). The Hall–Kier alpha value is -1.01. The summed E-state index contributed by atoms with van der Waals surface area (Å²) in [6.45, 7) is 0. The van der Waals surface area contributed by atoms with Gasteiger partial charge in [0.2, 0.25) is 0 Å². The van der Waals surface area contributed by atoms with Gasteiger partial charge in [-0.15, -0.1) is 11.3 Å². The maximum absolute atomic E-state index is 8.46. The Bertz CT molecular complexity index is 233. The van der Waals surface area contributed by atoms with Gasteiger partial charge in [0.1, 0.15) is 11.1 Å². The van der Waals surface area contributed by atoms with Gasteiger partial charge in [-0.3, -0.25) is 0 Å². The van der Waals surface area contributed by atoms with Crippen LogP contribution in [0.4, 0.5) is 5.00 Å². The van der Waals surface area contributed by atoms with Crippen LogP contribution >= 0.6 is 11.3 Å². The maximum atomic E-state index is 8.46. The summed E-state index contributed by atoms with van der Waals surface area (Å²) in [5, 5.41) is 14.2. The van der Waals surface area contributed by atoms with Crippen molar-refractivity contribution < 1.29 is 0 Å². The molecule has 0 unspecified atom stereocenters. The number of hydrogen-bond acceptors (Lipinski definition) is 3. The van der Waals surface area contributed by atoms with Gasteiger partial charge in [0.15, 0.2) is 0 Å². The van der Waals surface area contributed by atoms with Crippen LogP contribution in [0, 0.1) is 11.3 Å². The first-order valence-electron chi connectivity index (χ1n) is 2.54. The van der Waals surface area contributed by atoms with Crippen molar-refractivity contribution >= 4 is 16.3 Å². The molecule has 0 aliphatic heterocycles. The van der Waals surface area contributed by atoms with Crippen LogP contribution in [0.3, 0.4) is 0 Å². The highest BCUT2D eigenvalue weighted by Gasteiger charge is 1.97. The van der Waals surface area contributed by atoms with Crippen LogP contribution in [-0.2, 0) is 0 Å². The Morgan fingerprint density at radius 2 is 2.56 bits per heavy atom. The van der Waals surface area contributed by atoms with Gasteiger partial charge in [-0.25, -0.2) is 0 Å². The predicted octanol–water partition coefficient (Wildman–Crippen LogP) is 1.66. The molecular weight excluding hydrogens is 132 g/mol. The van der Waals surface area contributed by atoms with E-state index in [9.17, 15) is 0 Å². The molecule has 3 heteroatoms. The number of thiophene rings is 1. The first-order chi connectivity index (χ1) is 4.38. The van der Waals surface area contributed by atoms with E-state index in [0.29, 0.717) is 0 Å². The third kappa shape index (κ3) is 1.03. The fourth-order valence-corrected chi connectivity index (χ4v) is 1.29. The first kappa shape index (κ1) is 6.12. The van der Waals surface area contributed by atoms with E-state index < -0.39 is 0 Å². The second-order valence-corrected chi connectivity index (χ2v) is 2.44. The Morgan fingerprint density at radius 1 is 1.78 bits per heavy atom. The van der Waals surface area contributed by atoms with Gasteiger partial charge in [0.05, 0.1) is 5.56 Å². The van der Waals surface area contributed by atoms with Crippen LogP contribution in [0.25, 0.3) is 0 Å². The molecule has 0 spiro atoms. The van der Waals surface area contributed by atoms with Crippen molar-refractivity contribution in [1.29, 1.82) is 5.26 Å². The number of hydrogen-bond donors (Lipinski definition) is 1. The summed E-state index contributed by atoms with van der Waals surface area (Å²) in [6.07, 6.45) is 0. The van der Waals surface area contributed by atoms with Gasteiger partial charge in [0.25, 0.3) is 0 Å². The molecule has 1 heterocycles. The molecule has 1 aromatic heterocycles. The molecule has 9 heavy (non-hydrogen) atoms. The van der Waals surface area contributed by atoms with Gasteiger partial charge in [-0.05, 0) is 11.4 Å². The zero-order valence-corrected chi connectivity index (χ0v) is 5.83. The average molecular weight is 138 g/mol. The first-order valence-corrected chi connectivity index (χ1v) is 3.42. The van der Waals surface area contributed by atoms with E-state index >= 15 is 0 Å². The Morgan fingerprint density at radius 3 is 3.00 bits per heavy atom. The van der Waals surface area contributed by atoms with Crippen molar-refractivity contribution in [3.05, 3.63) is 17.0 Å². The standard InChI is InChI=1S/C6H6N2S/c1-8-6-5(4-7)2-3-9-6/h2-3,8H,1H3. The molecule has 0 aliphatic carbocycles. The summed E-state index contributed by atoms with van der Waals surface area (Å²) in [7, 11) is 1.81. The van der Waals surface area contributed by atoms with Crippen LogP contribution in [0.15, 0.2) is 11.4 Å². The second kappa shape index (κ2) is 2.51. The number of anilines is 1. The van der Waals surface area contributed by atoms with Crippen LogP contribution in [0.2, 0.25) is 0 Å². The van der Waals surface area contributed by atoms with E-state index in [4.69, 9.17) is 5.26 Å². The molecule has 0 radical (unpaired) electrons. The highest BCUT2D eigenvalue weighted by atomic mass is 32.1. The molecule has 0 fully saturated rings. The molecule has 0 saturated carbocycles. The van der Waals surface area contributed by atoms with Crippen molar-refractivity contribution in [2.45, 2.75) is 0 Å². The predicted molar refractivity (Wildman–Crippen MR) is 38.6 cm³/mol. The van der Waals surface area contributed by atoms with Crippen molar-refractivity contribution in [3.8, 4) is 6.07 Å². The summed E-state index contributed by atoms with van der Waals surface area (Å²) in [5.74, 6) is 0. The maximum Gasteiger partial charge on any atom is 0.106 e.